The molecule has 0 saturated heterocycles. The van der Waals surface area contributed by atoms with Gasteiger partial charge in [0.15, 0.2) is 0 Å². The van der Waals surface area contributed by atoms with Crippen molar-refractivity contribution in [2.45, 2.75) is 13.8 Å². The quantitative estimate of drug-likeness (QED) is 0.803. The van der Waals surface area contributed by atoms with Gasteiger partial charge in [-0.25, -0.2) is 0 Å². The fraction of sp³-hybridized carbons (Fsp3) is 0.133. The van der Waals surface area contributed by atoms with E-state index in [0.717, 1.165) is 16.7 Å². The lowest BCUT2D eigenvalue weighted by atomic mass is 9.94. The molecule has 0 spiro atoms. The van der Waals surface area contributed by atoms with Crippen molar-refractivity contribution >= 4 is 0 Å². The highest BCUT2D eigenvalue weighted by atomic mass is 16.3. The summed E-state index contributed by atoms with van der Waals surface area (Å²) in [7, 11) is 0. The molecule has 2 aromatic carbocycles. The second kappa shape index (κ2) is 4.31. The van der Waals surface area contributed by atoms with Crippen LogP contribution in [0.5, 0.6) is 5.75 Å². The molecule has 0 unspecified atom stereocenters. The fourth-order valence-electron chi connectivity index (χ4n) is 1.90. The topological polar surface area (TPSA) is 44.0 Å². The van der Waals surface area contributed by atoms with Crippen molar-refractivity contribution in [3.05, 3.63) is 53.1 Å². The second-order valence-electron chi connectivity index (χ2n) is 4.09. The number of hydrogen-bond acceptors (Lipinski definition) is 2. The maximum Gasteiger partial charge on any atom is 0.116 e. The van der Waals surface area contributed by atoms with Crippen molar-refractivity contribution in [2.24, 2.45) is 0 Å². The van der Waals surface area contributed by atoms with Gasteiger partial charge >= 0.3 is 0 Å². The molecule has 0 aliphatic carbocycles. The van der Waals surface area contributed by atoms with Gasteiger partial charge in [0.25, 0.3) is 0 Å². The van der Waals surface area contributed by atoms with E-state index >= 15 is 0 Å². The number of aryl methyl sites for hydroxylation is 1. The molecule has 84 valence electrons. The zero-order valence-electron chi connectivity index (χ0n) is 9.86. The molecule has 0 bridgehead atoms. The maximum absolute atomic E-state index is 9.39. The van der Waals surface area contributed by atoms with Crippen LogP contribution in [0.2, 0.25) is 0 Å². The Hall–Kier alpha value is -2.27. The van der Waals surface area contributed by atoms with Gasteiger partial charge in [-0.1, -0.05) is 18.2 Å². The Kier molecular flexibility index (Phi) is 2.84. The highest BCUT2D eigenvalue weighted by molar-refractivity contribution is 5.74. The molecule has 0 atom stereocenters. The first kappa shape index (κ1) is 11.2. The average Bonchev–Trinajstić information content (AvgIpc) is 2.33. The van der Waals surface area contributed by atoms with Gasteiger partial charge in [0.05, 0.1) is 11.6 Å². The van der Waals surface area contributed by atoms with E-state index < -0.39 is 0 Å². The first-order valence-corrected chi connectivity index (χ1v) is 5.43. The van der Waals surface area contributed by atoms with Gasteiger partial charge in [0, 0.05) is 0 Å². The van der Waals surface area contributed by atoms with Crippen LogP contribution in [0.4, 0.5) is 0 Å². The number of phenolic OH excluding ortho intramolecular Hbond substituents is 1. The largest absolute Gasteiger partial charge is 0.508 e. The molecule has 2 heteroatoms. The van der Waals surface area contributed by atoms with Gasteiger partial charge in [-0.05, 0) is 54.3 Å². The number of rotatable bonds is 1. The van der Waals surface area contributed by atoms with E-state index in [-0.39, 0.29) is 5.75 Å². The molecule has 17 heavy (non-hydrogen) atoms. The van der Waals surface area contributed by atoms with Crippen molar-refractivity contribution in [3.63, 3.8) is 0 Å². The molecule has 0 amide bonds. The van der Waals surface area contributed by atoms with Crippen LogP contribution in [-0.2, 0) is 0 Å². The summed E-state index contributed by atoms with van der Waals surface area (Å²) >= 11 is 0. The van der Waals surface area contributed by atoms with Crippen LogP contribution in [0.15, 0.2) is 36.4 Å². The molecule has 0 fully saturated rings. The van der Waals surface area contributed by atoms with Gasteiger partial charge in [-0.3, -0.25) is 0 Å². The summed E-state index contributed by atoms with van der Waals surface area (Å²) in [6.07, 6.45) is 0. The Morgan fingerprint density at radius 2 is 1.82 bits per heavy atom. The monoisotopic (exact) mass is 223 g/mol. The minimum Gasteiger partial charge on any atom is -0.508 e. The summed E-state index contributed by atoms with van der Waals surface area (Å²) in [5.41, 5.74) is 4.76. The minimum absolute atomic E-state index is 0.121. The van der Waals surface area contributed by atoms with Gasteiger partial charge in [0.1, 0.15) is 5.75 Å². The average molecular weight is 223 g/mol. The third kappa shape index (κ3) is 2.00. The van der Waals surface area contributed by atoms with Gasteiger partial charge in [-0.15, -0.1) is 0 Å². The maximum atomic E-state index is 9.39. The Labute approximate surface area is 101 Å². The predicted molar refractivity (Wildman–Crippen MR) is 67.7 cm³/mol. The highest BCUT2D eigenvalue weighted by Crippen LogP contribution is 2.30. The van der Waals surface area contributed by atoms with Gasteiger partial charge in [-0.2, -0.15) is 5.26 Å². The molecule has 0 saturated carbocycles. The van der Waals surface area contributed by atoms with Gasteiger partial charge < -0.3 is 5.11 Å². The first-order valence-electron chi connectivity index (χ1n) is 5.43. The molecule has 2 aromatic rings. The number of nitrogens with zero attached hydrogens (tertiary/aromatic N) is 1. The van der Waals surface area contributed by atoms with Gasteiger partial charge in [0.2, 0.25) is 0 Å². The van der Waals surface area contributed by atoms with Crippen molar-refractivity contribution in [1.82, 2.24) is 0 Å². The van der Waals surface area contributed by atoms with Crippen LogP contribution >= 0.6 is 0 Å². The summed E-state index contributed by atoms with van der Waals surface area (Å²) in [6, 6.07) is 13.0. The molecule has 2 rings (SSSR count). The van der Waals surface area contributed by atoms with Crippen LogP contribution in [0.3, 0.4) is 0 Å². The Morgan fingerprint density at radius 1 is 1.06 bits per heavy atom. The Morgan fingerprint density at radius 3 is 2.53 bits per heavy atom. The molecule has 0 heterocycles. The lowest BCUT2D eigenvalue weighted by Gasteiger charge is -2.10. The van der Waals surface area contributed by atoms with E-state index in [0.29, 0.717) is 5.56 Å². The van der Waals surface area contributed by atoms with Crippen LogP contribution in [0, 0.1) is 25.2 Å². The number of aromatic hydroxyl groups is 1. The summed E-state index contributed by atoms with van der Waals surface area (Å²) < 4.78 is 0. The van der Waals surface area contributed by atoms with E-state index in [1.165, 1.54) is 11.6 Å². The lowest BCUT2D eigenvalue weighted by molar-refractivity contribution is 0.475. The number of benzene rings is 2. The molecule has 0 aliphatic heterocycles. The van der Waals surface area contributed by atoms with Crippen LogP contribution in [-0.4, -0.2) is 5.11 Å². The van der Waals surface area contributed by atoms with Crippen LogP contribution in [0.25, 0.3) is 11.1 Å². The van der Waals surface area contributed by atoms with Crippen molar-refractivity contribution < 1.29 is 5.11 Å². The molecular weight excluding hydrogens is 210 g/mol. The predicted octanol–water partition coefficient (Wildman–Crippen LogP) is 3.55. The normalized spacial score (nSPS) is 9.94. The molecular formula is C15H13NO. The van der Waals surface area contributed by atoms with E-state index in [2.05, 4.69) is 6.07 Å². The summed E-state index contributed by atoms with van der Waals surface area (Å²) in [5.74, 6) is 0.121. The fourth-order valence-corrected chi connectivity index (χ4v) is 1.90. The van der Waals surface area contributed by atoms with E-state index in [1.54, 1.807) is 12.1 Å². The van der Waals surface area contributed by atoms with Crippen molar-refractivity contribution in [3.8, 4) is 22.9 Å². The smallest absolute Gasteiger partial charge is 0.116 e. The number of phenols is 1. The van der Waals surface area contributed by atoms with E-state index in [9.17, 15) is 5.11 Å². The third-order valence-corrected chi connectivity index (χ3v) is 3.02. The Bertz CT molecular complexity index is 609. The zero-order chi connectivity index (χ0) is 12.4. The van der Waals surface area contributed by atoms with Crippen molar-refractivity contribution in [2.75, 3.05) is 0 Å². The summed E-state index contributed by atoms with van der Waals surface area (Å²) in [6.45, 7) is 4.09. The molecule has 0 radical (unpaired) electrons. The standard InChI is InChI=1S/C15H13NO/c1-10-4-3-5-14(11(10)2)15-7-6-13(17)8-12(15)9-16/h3-8,17H,1-2H3. The summed E-state index contributed by atoms with van der Waals surface area (Å²) in [4.78, 5) is 0. The summed E-state index contributed by atoms with van der Waals surface area (Å²) in [5, 5.41) is 18.5. The molecule has 0 aliphatic rings. The minimum atomic E-state index is 0.121. The van der Waals surface area contributed by atoms with Crippen LogP contribution in [0.1, 0.15) is 16.7 Å². The van der Waals surface area contributed by atoms with Crippen LogP contribution < -0.4 is 0 Å². The third-order valence-electron chi connectivity index (χ3n) is 3.02. The van der Waals surface area contributed by atoms with Crippen molar-refractivity contribution in [1.29, 1.82) is 5.26 Å². The zero-order valence-corrected chi connectivity index (χ0v) is 9.86. The first-order chi connectivity index (χ1) is 8.13. The van der Waals surface area contributed by atoms with E-state index in [4.69, 9.17) is 5.26 Å². The highest BCUT2D eigenvalue weighted by Gasteiger charge is 2.09. The number of hydrogen-bond donors (Lipinski definition) is 1. The molecule has 2 nitrogen and oxygen atoms in total. The second-order valence-corrected chi connectivity index (χ2v) is 4.09. The SMILES string of the molecule is Cc1cccc(-c2ccc(O)cc2C#N)c1C. The van der Waals surface area contributed by atoms with E-state index in [1.807, 2.05) is 32.0 Å². The lowest BCUT2D eigenvalue weighted by Crippen LogP contribution is -1.90. The molecule has 0 aromatic heterocycles. The number of nitriles is 1. The Balaban J connectivity index is 2.69. The molecule has 1 N–H and O–H groups in total.